The van der Waals surface area contributed by atoms with Crippen molar-refractivity contribution in [3.63, 3.8) is 0 Å². The number of benzene rings is 1. The Hall–Kier alpha value is -1.02. The molecule has 1 N–H and O–H groups in total. The fraction of sp³-hybridized carbons (Fsp3) is 0.500. The minimum absolute atomic E-state index is 0. The molecule has 0 spiro atoms. The van der Waals surface area contributed by atoms with Crippen molar-refractivity contribution < 1.29 is 6.16 Å². The lowest BCUT2D eigenvalue weighted by atomic mass is 9.89. The molecule has 0 unspecified atom stereocenters. The lowest BCUT2D eigenvalue weighted by molar-refractivity contribution is 0.0884. The molecule has 0 bridgehead atoms. The summed E-state index contributed by atoms with van der Waals surface area (Å²) in [7, 11) is 2.01. The fourth-order valence-corrected chi connectivity index (χ4v) is 1.78. The van der Waals surface area contributed by atoms with Crippen LogP contribution >= 0.6 is 0 Å². The first-order valence-corrected chi connectivity index (χ1v) is 5.18. The SMILES string of the molecule is CNC1CC(Oc2cccc(C)c2)C1.[HH]. The van der Waals surface area contributed by atoms with Gasteiger partial charge in [-0.05, 0) is 44.5 Å². The van der Waals surface area contributed by atoms with Gasteiger partial charge in [0.1, 0.15) is 11.9 Å². The zero-order chi connectivity index (χ0) is 9.97. The van der Waals surface area contributed by atoms with E-state index >= 15 is 0 Å². The van der Waals surface area contributed by atoms with Gasteiger partial charge in [0, 0.05) is 7.47 Å². The van der Waals surface area contributed by atoms with Crippen LogP contribution in [-0.4, -0.2) is 19.2 Å². The molecule has 0 aliphatic heterocycles. The van der Waals surface area contributed by atoms with Crippen LogP contribution in [0.3, 0.4) is 0 Å². The van der Waals surface area contributed by atoms with Crippen molar-refractivity contribution in [2.24, 2.45) is 0 Å². The molecule has 1 aromatic rings. The van der Waals surface area contributed by atoms with E-state index in [2.05, 4.69) is 24.4 Å². The van der Waals surface area contributed by atoms with Gasteiger partial charge in [0.2, 0.25) is 0 Å². The van der Waals surface area contributed by atoms with E-state index in [0.717, 1.165) is 18.6 Å². The van der Waals surface area contributed by atoms with Gasteiger partial charge in [-0.15, -0.1) is 0 Å². The molecular formula is C12H19NO. The van der Waals surface area contributed by atoms with Crippen molar-refractivity contribution in [3.8, 4) is 5.75 Å². The summed E-state index contributed by atoms with van der Waals surface area (Å²) in [6.07, 6.45) is 2.67. The maximum Gasteiger partial charge on any atom is 0.119 e. The average molecular weight is 193 g/mol. The van der Waals surface area contributed by atoms with Crippen molar-refractivity contribution in [1.29, 1.82) is 0 Å². The van der Waals surface area contributed by atoms with E-state index in [4.69, 9.17) is 4.74 Å². The van der Waals surface area contributed by atoms with Crippen molar-refractivity contribution >= 4 is 0 Å². The highest BCUT2D eigenvalue weighted by Crippen LogP contribution is 2.25. The summed E-state index contributed by atoms with van der Waals surface area (Å²) in [4.78, 5) is 0. The zero-order valence-electron chi connectivity index (χ0n) is 8.79. The van der Waals surface area contributed by atoms with Gasteiger partial charge in [-0.25, -0.2) is 0 Å². The Morgan fingerprint density at radius 1 is 1.43 bits per heavy atom. The van der Waals surface area contributed by atoms with Crippen LogP contribution in [0.1, 0.15) is 19.8 Å². The van der Waals surface area contributed by atoms with Crippen LogP contribution in [0, 0.1) is 6.92 Å². The fourth-order valence-electron chi connectivity index (χ4n) is 1.78. The topological polar surface area (TPSA) is 21.3 Å². The Morgan fingerprint density at radius 2 is 2.21 bits per heavy atom. The van der Waals surface area contributed by atoms with Crippen molar-refractivity contribution in [3.05, 3.63) is 29.8 Å². The van der Waals surface area contributed by atoms with Gasteiger partial charge < -0.3 is 10.1 Å². The first-order chi connectivity index (χ1) is 6.78. The Balaban J connectivity index is 0.00000112. The minimum atomic E-state index is 0. The number of nitrogens with one attached hydrogen (secondary N) is 1. The van der Waals surface area contributed by atoms with Crippen LogP contribution in [0.2, 0.25) is 0 Å². The summed E-state index contributed by atoms with van der Waals surface area (Å²) in [5, 5.41) is 3.25. The van der Waals surface area contributed by atoms with E-state index in [0.29, 0.717) is 12.1 Å². The van der Waals surface area contributed by atoms with E-state index in [9.17, 15) is 0 Å². The first kappa shape index (κ1) is 9.53. The average Bonchev–Trinajstić information content (AvgIpc) is 2.10. The summed E-state index contributed by atoms with van der Waals surface area (Å²) in [6.45, 7) is 2.09. The van der Waals surface area contributed by atoms with Gasteiger partial charge in [0.15, 0.2) is 0 Å². The van der Waals surface area contributed by atoms with Gasteiger partial charge in [0.05, 0.1) is 0 Å². The molecule has 1 aliphatic carbocycles. The maximum atomic E-state index is 5.82. The molecule has 0 amide bonds. The van der Waals surface area contributed by atoms with Crippen LogP contribution in [0.15, 0.2) is 24.3 Å². The largest absolute Gasteiger partial charge is 0.490 e. The summed E-state index contributed by atoms with van der Waals surface area (Å²) in [6, 6.07) is 8.90. The van der Waals surface area contributed by atoms with Crippen molar-refractivity contribution in [2.75, 3.05) is 7.05 Å². The number of ether oxygens (including phenoxy) is 1. The standard InChI is InChI=1S/C12H17NO.H2/c1-9-4-3-5-11(6-9)14-12-7-10(8-12)13-2;/h3-6,10,12-13H,7-8H2,1-2H3;1H. The van der Waals surface area contributed by atoms with Gasteiger partial charge in [-0.1, -0.05) is 12.1 Å². The molecule has 14 heavy (non-hydrogen) atoms. The zero-order valence-corrected chi connectivity index (χ0v) is 8.79. The lowest BCUT2D eigenvalue weighted by Crippen LogP contribution is -2.45. The highest BCUT2D eigenvalue weighted by molar-refractivity contribution is 5.27. The van der Waals surface area contributed by atoms with Gasteiger partial charge in [-0.3, -0.25) is 0 Å². The molecule has 1 aromatic carbocycles. The molecule has 0 atom stereocenters. The summed E-state index contributed by atoms with van der Waals surface area (Å²) in [5.41, 5.74) is 1.26. The Morgan fingerprint density at radius 3 is 2.86 bits per heavy atom. The smallest absolute Gasteiger partial charge is 0.119 e. The first-order valence-electron chi connectivity index (χ1n) is 5.18. The minimum Gasteiger partial charge on any atom is -0.490 e. The third-order valence-corrected chi connectivity index (χ3v) is 2.80. The number of aryl methyl sites for hydroxylation is 1. The number of rotatable bonds is 3. The molecule has 1 fully saturated rings. The Bertz CT molecular complexity index is 310. The van der Waals surface area contributed by atoms with E-state index < -0.39 is 0 Å². The molecule has 2 nitrogen and oxygen atoms in total. The molecular weight excluding hydrogens is 174 g/mol. The summed E-state index contributed by atoms with van der Waals surface area (Å²) >= 11 is 0. The molecule has 0 saturated heterocycles. The van der Waals surface area contributed by atoms with Crippen molar-refractivity contribution in [2.45, 2.75) is 31.9 Å². The van der Waals surface area contributed by atoms with Crippen LogP contribution < -0.4 is 10.1 Å². The predicted octanol–water partition coefficient (Wildman–Crippen LogP) is 2.37. The molecule has 1 aliphatic rings. The van der Waals surface area contributed by atoms with Gasteiger partial charge in [0.25, 0.3) is 0 Å². The molecule has 0 radical (unpaired) electrons. The molecule has 78 valence electrons. The van der Waals surface area contributed by atoms with Gasteiger partial charge in [-0.2, -0.15) is 0 Å². The van der Waals surface area contributed by atoms with E-state index in [1.807, 2.05) is 19.2 Å². The van der Waals surface area contributed by atoms with Crippen LogP contribution in [0.4, 0.5) is 0 Å². The molecule has 0 aromatic heterocycles. The second kappa shape index (κ2) is 4.01. The number of hydrogen-bond donors (Lipinski definition) is 1. The second-order valence-electron chi connectivity index (χ2n) is 4.01. The third kappa shape index (κ3) is 2.07. The lowest BCUT2D eigenvalue weighted by Gasteiger charge is -2.35. The third-order valence-electron chi connectivity index (χ3n) is 2.80. The van der Waals surface area contributed by atoms with E-state index in [-0.39, 0.29) is 1.43 Å². The summed E-state index contributed by atoms with van der Waals surface area (Å²) in [5.74, 6) is 1.00. The number of hydrogen-bond acceptors (Lipinski definition) is 2. The highest BCUT2D eigenvalue weighted by Gasteiger charge is 2.29. The molecule has 2 heteroatoms. The predicted molar refractivity (Wildman–Crippen MR) is 59.8 cm³/mol. The van der Waals surface area contributed by atoms with E-state index in [1.165, 1.54) is 5.56 Å². The normalized spacial score (nSPS) is 25.6. The summed E-state index contributed by atoms with van der Waals surface area (Å²) < 4.78 is 5.82. The Kier molecular flexibility index (Phi) is 2.73. The quantitative estimate of drug-likeness (QED) is 0.795. The molecule has 1 saturated carbocycles. The van der Waals surface area contributed by atoms with Crippen LogP contribution in [0.25, 0.3) is 0 Å². The van der Waals surface area contributed by atoms with E-state index in [1.54, 1.807) is 0 Å². The monoisotopic (exact) mass is 193 g/mol. The van der Waals surface area contributed by atoms with Crippen molar-refractivity contribution in [1.82, 2.24) is 5.32 Å². The molecule has 0 heterocycles. The van der Waals surface area contributed by atoms with Crippen LogP contribution in [0.5, 0.6) is 5.75 Å². The Labute approximate surface area is 86.8 Å². The highest BCUT2D eigenvalue weighted by atomic mass is 16.5. The maximum absolute atomic E-state index is 5.82. The molecule has 2 rings (SSSR count). The second-order valence-corrected chi connectivity index (χ2v) is 4.01. The van der Waals surface area contributed by atoms with Crippen LogP contribution in [-0.2, 0) is 0 Å². The van der Waals surface area contributed by atoms with Gasteiger partial charge >= 0.3 is 0 Å².